The van der Waals surface area contributed by atoms with Gasteiger partial charge in [0.25, 0.3) is 11.8 Å². The predicted octanol–water partition coefficient (Wildman–Crippen LogP) is 6.66. The lowest BCUT2D eigenvalue weighted by molar-refractivity contribution is -0.141. The molecule has 1 aliphatic rings. The van der Waals surface area contributed by atoms with E-state index in [4.69, 9.17) is 36.2 Å². The average molecular weight is 699 g/mol. The molecular weight excluding hydrogens is 668 g/mol. The van der Waals surface area contributed by atoms with E-state index < -0.39 is 40.5 Å². The normalized spacial score (nSPS) is 14.9. The Balaban J connectivity index is 1.23. The number of benzene rings is 3. The van der Waals surface area contributed by atoms with E-state index in [2.05, 4.69) is 5.48 Å². The molecule has 1 fully saturated rings. The molecule has 1 atom stereocenters. The quantitative estimate of drug-likeness (QED) is 0.104. The van der Waals surface area contributed by atoms with Crippen LogP contribution in [0.2, 0.25) is 0 Å². The molecule has 4 aromatic rings. The molecule has 15 heteroatoms. The summed E-state index contributed by atoms with van der Waals surface area (Å²) in [6, 6.07) is 13.6. The van der Waals surface area contributed by atoms with Gasteiger partial charge >= 0.3 is 6.18 Å². The van der Waals surface area contributed by atoms with Crippen molar-refractivity contribution in [2.75, 3.05) is 36.7 Å². The molecule has 1 saturated heterocycles. The number of alkyl halides is 3. The zero-order valence-electron chi connectivity index (χ0n) is 26.5. The molecule has 0 radical (unpaired) electrons. The van der Waals surface area contributed by atoms with Gasteiger partial charge in [0.15, 0.2) is 11.6 Å². The summed E-state index contributed by atoms with van der Waals surface area (Å²) in [6.45, 7) is 3.39. The number of anilines is 2. The van der Waals surface area contributed by atoms with E-state index >= 15 is 4.39 Å². The summed E-state index contributed by atoms with van der Waals surface area (Å²) in [5.41, 5.74) is 1.71. The summed E-state index contributed by atoms with van der Waals surface area (Å²) in [6.07, 6.45) is -2.76. The number of carbonyl (C=O) groups excluding carboxylic acids is 2. The van der Waals surface area contributed by atoms with Crippen LogP contribution in [0.25, 0.3) is 11.0 Å². The lowest BCUT2D eigenvalue weighted by Crippen LogP contribution is -2.55. The van der Waals surface area contributed by atoms with Crippen molar-refractivity contribution < 1.29 is 45.9 Å². The lowest BCUT2D eigenvalue weighted by atomic mass is 9.94. The summed E-state index contributed by atoms with van der Waals surface area (Å²) in [4.78, 5) is 33.2. The van der Waals surface area contributed by atoms with Gasteiger partial charge in [-0.05, 0) is 68.8 Å². The van der Waals surface area contributed by atoms with Crippen LogP contribution in [-0.2, 0) is 20.6 Å². The summed E-state index contributed by atoms with van der Waals surface area (Å²) in [5, 5.41) is 9.82. The highest BCUT2D eigenvalue weighted by Gasteiger charge is 2.39. The van der Waals surface area contributed by atoms with Gasteiger partial charge in [-0.1, -0.05) is 12.2 Å². The van der Waals surface area contributed by atoms with E-state index in [1.807, 2.05) is 0 Å². The SMILES string of the molecule is CN(C(=O)C(C)(C)N(C=S)c1ccc(OCCOc2ccc3occ(C4CCONC4=O)c3c2)c(F)c1)c1ccc(C#N)c(C(F)(F)F)c1. The molecule has 0 spiro atoms. The lowest BCUT2D eigenvalue weighted by Gasteiger charge is -2.38. The van der Waals surface area contributed by atoms with Crippen LogP contribution in [0, 0.1) is 17.1 Å². The van der Waals surface area contributed by atoms with E-state index in [-0.39, 0.29) is 36.2 Å². The number of furan rings is 1. The molecule has 1 aliphatic heterocycles. The molecule has 49 heavy (non-hydrogen) atoms. The summed E-state index contributed by atoms with van der Waals surface area (Å²) < 4.78 is 72.8. The number of hydrogen-bond donors (Lipinski definition) is 1. The van der Waals surface area contributed by atoms with Crippen LogP contribution in [0.4, 0.5) is 28.9 Å². The van der Waals surface area contributed by atoms with Crippen molar-refractivity contribution in [1.29, 1.82) is 5.26 Å². The molecule has 1 aromatic heterocycles. The van der Waals surface area contributed by atoms with Crippen molar-refractivity contribution in [3.63, 3.8) is 0 Å². The van der Waals surface area contributed by atoms with Gasteiger partial charge in [-0.15, -0.1) is 0 Å². The van der Waals surface area contributed by atoms with Gasteiger partial charge in [-0.3, -0.25) is 14.4 Å². The second kappa shape index (κ2) is 14.1. The summed E-state index contributed by atoms with van der Waals surface area (Å²) >= 11 is 5.16. The molecule has 256 valence electrons. The zero-order valence-corrected chi connectivity index (χ0v) is 27.3. The minimum Gasteiger partial charge on any atom is -0.490 e. The van der Waals surface area contributed by atoms with Gasteiger partial charge in [0.05, 0.1) is 41.5 Å². The third-order valence-corrected chi connectivity index (χ3v) is 8.31. The molecule has 5 rings (SSSR count). The Labute approximate surface area is 283 Å². The number of nitrogens with one attached hydrogen (secondary N) is 1. The Morgan fingerprint density at radius 3 is 2.51 bits per heavy atom. The summed E-state index contributed by atoms with van der Waals surface area (Å²) in [7, 11) is 1.30. The van der Waals surface area contributed by atoms with Gasteiger partial charge in [-0.25, -0.2) is 9.87 Å². The minimum atomic E-state index is -4.81. The molecule has 3 aromatic carbocycles. The van der Waals surface area contributed by atoms with Crippen molar-refractivity contribution in [1.82, 2.24) is 5.48 Å². The Hall–Kier alpha value is -5.20. The Morgan fingerprint density at radius 1 is 1.10 bits per heavy atom. The van der Waals surface area contributed by atoms with Gasteiger partial charge in [0.1, 0.15) is 30.1 Å². The van der Waals surface area contributed by atoms with E-state index in [9.17, 15) is 22.8 Å². The van der Waals surface area contributed by atoms with Crippen LogP contribution in [0.15, 0.2) is 65.3 Å². The third-order valence-electron chi connectivity index (χ3n) is 8.10. The molecule has 1 unspecified atom stereocenters. The number of nitriles is 1. The molecule has 0 bridgehead atoms. The van der Waals surface area contributed by atoms with E-state index in [0.29, 0.717) is 29.9 Å². The minimum absolute atomic E-state index is 0.0227. The van der Waals surface area contributed by atoms with E-state index in [1.54, 1.807) is 24.5 Å². The topological polar surface area (TPSA) is 117 Å². The van der Waals surface area contributed by atoms with Crippen LogP contribution in [-0.4, -0.2) is 49.7 Å². The zero-order chi connectivity index (χ0) is 35.5. The number of fused-ring (bicyclic) bond motifs is 1. The number of rotatable bonds is 11. The maximum Gasteiger partial charge on any atom is 0.417 e. The third kappa shape index (κ3) is 7.30. The van der Waals surface area contributed by atoms with E-state index in [0.717, 1.165) is 34.0 Å². The number of amides is 2. The van der Waals surface area contributed by atoms with Crippen LogP contribution in [0.5, 0.6) is 11.5 Å². The second-order valence-corrected chi connectivity index (χ2v) is 11.8. The van der Waals surface area contributed by atoms with Gasteiger partial charge in [0.2, 0.25) is 0 Å². The Kier molecular flexibility index (Phi) is 10.1. The highest BCUT2D eigenvalue weighted by atomic mass is 32.1. The average Bonchev–Trinajstić information content (AvgIpc) is 3.49. The van der Waals surface area contributed by atoms with Crippen LogP contribution in [0.3, 0.4) is 0 Å². The fourth-order valence-corrected chi connectivity index (χ4v) is 5.86. The molecular formula is C34H30F4N4O6S. The molecule has 1 N–H and O–H groups in total. The van der Waals surface area contributed by atoms with Gasteiger partial charge in [0, 0.05) is 35.4 Å². The molecule has 2 amide bonds. The van der Waals surface area contributed by atoms with Crippen molar-refractivity contribution in [3.05, 3.63) is 83.4 Å². The Bertz CT molecular complexity index is 1940. The number of hydrogen-bond acceptors (Lipinski definition) is 8. The molecule has 10 nitrogen and oxygen atoms in total. The maximum atomic E-state index is 15.2. The first kappa shape index (κ1) is 35.1. The highest BCUT2D eigenvalue weighted by molar-refractivity contribution is 7.79. The largest absolute Gasteiger partial charge is 0.490 e. The first-order valence-corrected chi connectivity index (χ1v) is 15.4. The number of likely N-dealkylation sites (N-methyl/N-ethyl adjacent to an activating group) is 1. The van der Waals surface area contributed by atoms with Crippen LogP contribution < -0.4 is 24.8 Å². The monoisotopic (exact) mass is 698 g/mol. The van der Waals surface area contributed by atoms with Crippen molar-refractivity contribution in [3.8, 4) is 17.6 Å². The molecule has 2 heterocycles. The highest BCUT2D eigenvalue weighted by Crippen LogP contribution is 2.36. The number of halogens is 4. The fraction of sp³-hybridized carbons (Fsp3) is 0.294. The summed E-state index contributed by atoms with van der Waals surface area (Å²) in [5.74, 6) is -1.69. The van der Waals surface area contributed by atoms with Crippen molar-refractivity contribution in [2.24, 2.45) is 0 Å². The number of ether oxygens (including phenoxy) is 2. The predicted molar refractivity (Wildman–Crippen MR) is 175 cm³/mol. The second-order valence-electron chi connectivity index (χ2n) is 11.6. The first-order chi connectivity index (χ1) is 23.3. The number of hydroxylamine groups is 1. The number of nitrogens with zero attached hydrogens (tertiary/aromatic N) is 3. The van der Waals surface area contributed by atoms with Crippen molar-refractivity contribution >= 4 is 51.9 Å². The van der Waals surface area contributed by atoms with Gasteiger partial charge < -0.3 is 23.7 Å². The van der Waals surface area contributed by atoms with Crippen LogP contribution in [0.1, 0.15) is 42.9 Å². The van der Waals surface area contributed by atoms with Crippen molar-refractivity contribution in [2.45, 2.75) is 37.9 Å². The van der Waals surface area contributed by atoms with Crippen LogP contribution >= 0.6 is 12.2 Å². The van der Waals surface area contributed by atoms with Gasteiger partial charge in [-0.2, -0.15) is 18.4 Å². The number of thiocarbonyl (C=S) groups is 1. The Morgan fingerprint density at radius 2 is 1.84 bits per heavy atom. The molecule has 0 aliphatic carbocycles. The standard InChI is InChI=1S/C34H30F4N4O6S/c1-33(2,32(44)41(3)21-5-4-20(17-39)27(14-21)34(36,37)38)42(19-49)22-6-8-30(28(35)15-22)46-13-12-45-23-7-9-29-25(16-23)26(18-47-29)24-10-11-48-40-31(24)43/h4-9,14-16,18-19,24H,10-13H2,1-3H3,(H,40,43). The smallest absolute Gasteiger partial charge is 0.417 e. The maximum absolute atomic E-state index is 15.2. The number of carbonyl (C=O) groups is 2. The molecule has 0 saturated carbocycles. The van der Waals surface area contributed by atoms with E-state index in [1.165, 1.54) is 50.1 Å². The first-order valence-electron chi connectivity index (χ1n) is 14.9. The fourth-order valence-electron chi connectivity index (χ4n) is 5.47.